The first-order chi connectivity index (χ1) is 11.2. The smallest absolute Gasteiger partial charge is 0.284 e. The van der Waals surface area contributed by atoms with Crippen LogP contribution in [0.1, 0.15) is 32.8 Å². The second-order valence-corrected chi connectivity index (χ2v) is 7.28. The highest BCUT2D eigenvalue weighted by molar-refractivity contribution is 7.12. The molecule has 3 aromatic rings. The first-order valence-corrected chi connectivity index (χ1v) is 9.10. The molecule has 0 unspecified atom stereocenters. The van der Waals surface area contributed by atoms with E-state index in [1.165, 1.54) is 16.3 Å². The van der Waals surface area contributed by atoms with Crippen LogP contribution in [-0.2, 0) is 0 Å². The maximum Gasteiger partial charge on any atom is 0.284 e. The zero-order valence-corrected chi connectivity index (χ0v) is 14.2. The van der Waals surface area contributed by atoms with Crippen LogP contribution < -0.4 is 0 Å². The van der Waals surface area contributed by atoms with Crippen molar-refractivity contribution in [2.24, 2.45) is 5.10 Å². The van der Waals surface area contributed by atoms with Crippen LogP contribution in [0.2, 0.25) is 5.22 Å². The average Bonchev–Trinajstić information content (AvgIpc) is 3.31. The molecule has 0 saturated carbocycles. The van der Waals surface area contributed by atoms with E-state index in [9.17, 15) is 4.79 Å². The van der Waals surface area contributed by atoms with Crippen LogP contribution in [-0.4, -0.2) is 16.6 Å². The zero-order valence-electron chi connectivity index (χ0n) is 11.8. The summed E-state index contributed by atoms with van der Waals surface area (Å²) in [6.07, 6.45) is 0.613. The summed E-state index contributed by atoms with van der Waals surface area (Å²) in [7, 11) is 0. The molecule has 1 atom stereocenters. The van der Waals surface area contributed by atoms with Gasteiger partial charge in [0.05, 0.1) is 15.5 Å². The number of carbonyl (C=O) groups excluding carboxylic acids is 1. The van der Waals surface area contributed by atoms with Gasteiger partial charge in [-0.15, -0.1) is 22.7 Å². The Kier molecular flexibility index (Phi) is 3.80. The highest BCUT2D eigenvalue weighted by atomic mass is 35.5. The number of carbonyl (C=O) groups is 1. The third-order valence-electron chi connectivity index (χ3n) is 3.58. The van der Waals surface area contributed by atoms with Crippen molar-refractivity contribution in [1.82, 2.24) is 5.01 Å². The van der Waals surface area contributed by atoms with E-state index < -0.39 is 0 Å². The van der Waals surface area contributed by atoms with Gasteiger partial charge in [0.25, 0.3) is 5.91 Å². The van der Waals surface area contributed by atoms with E-state index in [1.54, 1.807) is 29.5 Å². The van der Waals surface area contributed by atoms with Gasteiger partial charge in [-0.05, 0) is 46.6 Å². The first-order valence-electron chi connectivity index (χ1n) is 6.96. The first kappa shape index (κ1) is 14.7. The number of amides is 1. The summed E-state index contributed by atoms with van der Waals surface area (Å²) in [5, 5.41) is 10.3. The minimum absolute atomic E-state index is 0.121. The van der Waals surface area contributed by atoms with Crippen LogP contribution in [0, 0.1) is 0 Å². The van der Waals surface area contributed by atoms with Crippen molar-refractivity contribution in [3.05, 3.63) is 67.9 Å². The van der Waals surface area contributed by atoms with Gasteiger partial charge >= 0.3 is 0 Å². The van der Waals surface area contributed by atoms with Gasteiger partial charge in [0, 0.05) is 6.42 Å². The van der Waals surface area contributed by atoms with Crippen molar-refractivity contribution >= 4 is 45.9 Å². The van der Waals surface area contributed by atoms with Crippen molar-refractivity contribution in [1.29, 1.82) is 0 Å². The average molecular weight is 363 g/mol. The number of hydrogen-bond acceptors (Lipinski definition) is 5. The number of halogens is 1. The van der Waals surface area contributed by atoms with E-state index in [0.29, 0.717) is 22.3 Å². The largest absolute Gasteiger partial charge is 0.447 e. The molecule has 0 spiro atoms. The van der Waals surface area contributed by atoms with Crippen molar-refractivity contribution in [3.63, 3.8) is 0 Å². The number of rotatable bonds is 3. The summed E-state index contributed by atoms with van der Waals surface area (Å²) in [4.78, 5) is 14.5. The van der Waals surface area contributed by atoms with Crippen molar-refractivity contribution < 1.29 is 9.21 Å². The van der Waals surface area contributed by atoms with E-state index in [-0.39, 0.29) is 11.9 Å². The lowest BCUT2D eigenvalue weighted by atomic mass is 10.1. The van der Waals surface area contributed by atoms with E-state index in [4.69, 9.17) is 16.0 Å². The molecule has 0 aromatic carbocycles. The Morgan fingerprint density at radius 3 is 2.70 bits per heavy atom. The van der Waals surface area contributed by atoms with Crippen LogP contribution in [0.15, 0.2) is 56.7 Å². The van der Waals surface area contributed by atoms with Crippen LogP contribution >= 0.6 is 34.3 Å². The van der Waals surface area contributed by atoms with E-state index in [1.807, 2.05) is 29.0 Å². The Hall–Kier alpha value is -1.89. The summed E-state index contributed by atoms with van der Waals surface area (Å²) in [5.41, 5.74) is 0.891. The second-order valence-electron chi connectivity index (χ2n) is 5.01. The van der Waals surface area contributed by atoms with Gasteiger partial charge in [0.15, 0.2) is 5.22 Å². The molecule has 7 heteroatoms. The summed E-state index contributed by atoms with van der Waals surface area (Å²) < 4.78 is 5.54. The van der Waals surface area contributed by atoms with Gasteiger partial charge in [-0.1, -0.05) is 12.1 Å². The van der Waals surface area contributed by atoms with Gasteiger partial charge in [0.1, 0.15) is 11.8 Å². The molecular weight excluding hydrogens is 352 g/mol. The quantitative estimate of drug-likeness (QED) is 0.654. The Morgan fingerprint density at radius 2 is 2.04 bits per heavy atom. The summed E-state index contributed by atoms with van der Waals surface area (Å²) in [5.74, 6) is 0.527. The molecule has 1 aliphatic rings. The zero-order chi connectivity index (χ0) is 15.8. The fraction of sp³-hybridized carbons (Fsp3) is 0.125. The number of furan rings is 1. The molecule has 4 rings (SSSR count). The molecule has 1 aliphatic heterocycles. The summed E-state index contributed by atoms with van der Waals surface area (Å²) in [6.45, 7) is 0. The second kappa shape index (κ2) is 5.96. The van der Waals surface area contributed by atoms with Gasteiger partial charge in [-0.25, -0.2) is 5.01 Å². The van der Waals surface area contributed by atoms with Gasteiger partial charge in [-0.2, -0.15) is 5.10 Å². The van der Waals surface area contributed by atoms with E-state index >= 15 is 0 Å². The molecule has 23 heavy (non-hydrogen) atoms. The standard InChI is InChI=1S/C16H11ClN2O2S2/c17-15-6-5-12(21-15)11-9-10(13-3-1-7-22-13)18-19(11)16(20)14-4-2-8-23-14/h1-8,11H,9H2/t11-/m0/s1. The maximum absolute atomic E-state index is 12.8. The predicted molar refractivity (Wildman–Crippen MR) is 92.4 cm³/mol. The van der Waals surface area contributed by atoms with Crippen LogP contribution in [0.25, 0.3) is 0 Å². The number of hydrazone groups is 1. The molecular formula is C16H11ClN2O2S2. The predicted octanol–water partition coefficient (Wildman–Crippen LogP) is 5.05. The SMILES string of the molecule is O=C(c1cccs1)N1N=C(c2cccs2)C[C@H]1c1ccc(Cl)o1. The fourth-order valence-electron chi connectivity index (χ4n) is 2.53. The minimum atomic E-state index is -0.269. The molecule has 1 amide bonds. The Bertz CT molecular complexity index is 853. The molecule has 3 aromatic heterocycles. The lowest BCUT2D eigenvalue weighted by Gasteiger charge is -2.19. The van der Waals surface area contributed by atoms with Gasteiger partial charge < -0.3 is 4.42 Å². The van der Waals surface area contributed by atoms with E-state index in [2.05, 4.69) is 5.10 Å². The molecule has 0 fully saturated rings. The lowest BCUT2D eigenvalue weighted by molar-refractivity contribution is 0.0698. The molecule has 0 aliphatic carbocycles. The van der Waals surface area contributed by atoms with Crippen LogP contribution in [0.4, 0.5) is 0 Å². The number of hydrogen-bond donors (Lipinski definition) is 0. The molecule has 0 N–H and O–H groups in total. The van der Waals surface area contributed by atoms with Crippen molar-refractivity contribution in [3.8, 4) is 0 Å². The van der Waals surface area contributed by atoms with Crippen molar-refractivity contribution in [2.45, 2.75) is 12.5 Å². The minimum Gasteiger partial charge on any atom is -0.447 e. The highest BCUT2D eigenvalue weighted by Gasteiger charge is 2.36. The topological polar surface area (TPSA) is 45.8 Å². The maximum atomic E-state index is 12.8. The van der Waals surface area contributed by atoms with Crippen molar-refractivity contribution in [2.75, 3.05) is 0 Å². The summed E-state index contributed by atoms with van der Waals surface area (Å²) >= 11 is 8.91. The Morgan fingerprint density at radius 1 is 1.22 bits per heavy atom. The van der Waals surface area contributed by atoms with Crippen LogP contribution in [0.5, 0.6) is 0 Å². The lowest BCUT2D eigenvalue weighted by Crippen LogP contribution is -2.26. The fourth-order valence-corrected chi connectivity index (χ4v) is 4.06. The monoisotopic (exact) mass is 362 g/mol. The number of nitrogens with zero attached hydrogens (tertiary/aromatic N) is 2. The molecule has 0 saturated heterocycles. The van der Waals surface area contributed by atoms with Gasteiger partial charge in [-0.3, -0.25) is 4.79 Å². The molecule has 116 valence electrons. The Labute approximate surface area is 145 Å². The Balaban J connectivity index is 1.72. The van der Waals surface area contributed by atoms with Gasteiger partial charge in [0.2, 0.25) is 0 Å². The normalized spacial score (nSPS) is 17.5. The molecule has 4 nitrogen and oxygen atoms in total. The highest BCUT2D eigenvalue weighted by Crippen LogP contribution is 2.36. The van der Waals surface area contributed by atoms with E-state index in [0.717, 1.165) is 10.6 Å². The molecule has 0 bridgehead atoms. The summed E-state index contributed by atoms with van der Waals surface area (Å²) in [6, 6.07) is 10.9. The molecule has 0 radical (unpaired) electrons. The third kappa shape index (κ3) is 2.73. The molecule has 4 heterocycles. The number of thiophene rings is 2. The van der Waals surface area contributed by atoms with Crippen LogP contribution in [0.3, 0.4) is 0 Å². The third-order valence-corrected chi connectivity index (χ3v) is 5.56.